The van der Waals surface area contributed by atoms with Crippen molar-refractivity contribution >= 4 is 12.0 Å². The van der Waals surface area contributed by atoms with Crippen LogP contribution in [0.3, 0.4) is 0 Å². The summed E-state index contributed by atoms with van der Waals surface area (Å²) in [5.74, 6) is -0.220. The zero-order valence-electron chi connectivity index (χ0n) is 11.1. The number of aliphatic hydroxyl groups excluding tert-OH is 1. The van der Waals surface area contributed by atoms with Gasteiger partial charge in [0, 0.05) is 32.1 Å². The van der Waals surface area contributed by atoms with Gasteiger partial charge in [-0.15, -0.1) is 0 Å². The molecule has 2 amide bonds. The minimum atomic E-state index is -0.995. The largest absolute Gasteiger partial charge is 0.465 e. The van der Waals surface area contributed by atoms with Gasteiger partial charge in [0.25, 0.3) is 5.91 Å². The highest BCUT2D eigenvalue weighted by Gasteiger charge is 2.34. The number of hydrogen-bond donors (Lipinski definition) is 2. The van der Waals surface area contributed by atoms with Crippen molar-refractivity contribution in [1.82, 2.24) is 19.6 Å². The maximum absolute atomic E-state index is 12.4. The third kappa shape index (κ3) is 1.92. The van der Waals surface area contributed by atoms with E-state index < -0.39 is 12.2 Å². The summed E-state index contributed by atoms with van der Waals surface area (Å²) >= 11 is 0. The third-order valence-electron chi connectivity index (χ3n) is 3.79. The molecule has 0 bridgehead atoms. The second-order valence-electron chi connectivity index (χ2n) is 5.25. The summed E-state index contributed by atoms with van der Waals surface area (Å²) in [6, 6.07) is 0. The molecule has 1 aromatic rings. The number of amides is 2. The van der Waals surface area contributed by atoms with Crippen molar-refractivity contribution in [3.63, 3.8) is 0 Å². The minimum absolute atomic E-state index is 0.176. The highest BCUT2D eigenvalue weighted by Crippen LogP contribution is 2.25. The SMILES string of the molecule is CN1C[C@H](O)Cn2nc3c(c2C1=O)CN(C(=O)O)CC3. The van der Waals surface area contributed by atoms with Crippen LogP contribution in [0.25, 0.3) is 0 Å². The van der Waals surface area contributed by atoms with E-state index in [9.17, 15) is 14.7 Å². The van der Waals surface area contributed by atoms with Crippen LogP contribution in [-0.2, 0) is 19.5 Å². The number of fused-ring (bicyclic) bond motifs is 3. The van der Waals surface area contributed by atoms with E-state index in [1.807, 2.05) is 0 Å². The van der Waals surface area contributed by atoms with Crippen LogP contribution < -0.4 is 0 Å². The van der Waals surface area contributed by atoms with Gasteiger partial charge in [0.15, 0.2) is 0 Å². The molecule has 0 saturated heterocycles. The van der Waals surface area contributed by atoms with Crippen molar-refractivity contribution in [3.8, 4) is 0 Å². The van der Waals surface area contributed by atoms with Crippen LogP contribution in [0.4, 0.5) is 4.79 Å². The average Bonchev–Trinajstić information content (AvgIpc) is 2.68. The first-order valence-electron chi connectivity index (χ1n) is 6.47. The second kappa shape index (κ2) is 4.48. The molecule has 2 aliphatic rings. The number of carbonyl (C=O) groups is 2. The molecule has 0 fully saturated rings. The Hall–Kier alpha value is -2.09. The molecule has 0 aliphatic carbocycles. The number of likely N-dealkylation sites (N-methyl/N-ethyl adjacent to an activating group) is 1. The van der Waals surface area contributed by atoms with Gasteiger partial charge in [0.1, 0.15) is 5.69 Å². The first-order valence-corrected chi connectivity index (χ1v) is 6.47. The predicted octanol–water partition coefficient (Wildman–Crippen LogP) is -0.634. The molecular weight excluding hydrogens is 264 g/mol. The fourth-order valence-electron chi connectivity index (χ4n) is 2.80. The molecule has 108 valence electrons. The average molecular weight is 280 g/mol. The summed E-state index contributed by atoms with van der Waals surface area (Å²) < 4.78 is 1.52. The molecule has 3 rings (SSSR count). The highest BCUT2D eigenvalue weighted by molar-refractivity contribution is 5.94. The van der Waals surface area contributed by atoms with Crippen molar-refractivity contribution in [2.24, 2.45) is 0 Å². The number of carbonyl (C=O) groups excluding carboxylic acids is 1. The summed E-state index contributed by atoms with van der Waals surface area (Å²) in [5, 5.41) is 23.3. The Balaban J connectivity index is 2.05. The van der Waals surface area contributed by atoms with Crippen molar-refractivity contribution in [1.29, 1.82) is 0 Å². The minimum Gasteiger partial charge on any atom is -0.465 e. The normalized spacial score (nSPS) is 22.3. The molecule has 0 spiro atoms. The molecule has 8 nitrogen and oxygen atoms in total. The number of hydrogen-bond acceptors (Lipinski definition) is 4. The maximum atomic E-state index is 12.4. The van der Waals surface area contributed by atoms with Crippen LogP contribution in [0.5, 0.6) is 0 Å². The van der Waals surface area contributed by atoms with Gasteiger partial charge in [0.2, 0.25) is 0 Å². The van der Waals surface area contributed by atoms with E-state index in [4.69, 9.17) is 5.11 Å². The zero-order valence-corrected chi connectivity index (χ0v) is 11.1. The Labute approximate surface area is 115 Å². The van der Waals surface area contributed by atoms with Gasteiger partial charge in [0.05, 0.1) is 24.9 Å². The van der Waals surface area contributed by atoms with Gasteiger partial charge < -0.3 is 20.0 Å². The van der Waals surface area contributed by atoms with Crippen LogP contribution in [0.1, 0.15) is 21.7 Å². The lowest BCUT2D eigenvalue weighted by Gasteiger charge is -2.24. The Morgan fingerprint density at radius 3 is 2.85 bits per heavy atom. The van der Waals surface area contributed by atoms with Crippen molar-refractivity contribution in [2.75, 3.05) is 20.1 Å². The number of β-amino-alcohol motifs (C(OH)–C–C–N with tert-alkyl or cyclic N) is 1. The Kier molecular flexibility index (Phi) is 2.89. The zero-order chi connectivity index (χ0) is 14.4. The molecule has 8 heteroatoms. The fraction of sp³-hybridized carbons (Fsp3) is 0.583. The summed E-state index contributed by atoms with van der Waals surface area (Å²) in [4.78, 5) is 26.2. The maximum Gasteiger partial charge on any atom is 0.407 e. The molecule has 2 N–H and O–H groups in total. The number of carboxylic acid groups (broad SMARTS) is 1. The van der Waals surface area contributed by atoms with E-state index in [-0.39, 0.29) is 25.5 Å². The van der Waals surface area contributed by atoms with E-state index in [1.165, 1.54) is 14.5 Å². The first-order chi connectivity index (χ1) is 9.47. The fourth-order valence-corrected chi connectivity index (χ4v) is 2.80. The summed E-state index contributed by atoms with van der Waals surface area (Å²) in [6.07, 6.45) is -1.17. The number of aliphatic hydroxyl groups is 1. The number of aromatic nitrogens is 2. The van der Waals surface area contributed by atoms with Crippen LogP contribution in [-0.4, -0.2) is 68.0 Å². The Morgan fingerprint density at radius 2 is 2.15 bits per heavy atom. The van der Waals surface area contributed by atoms with Gasteiger partial charge in [-0.3, -0.25) is 9.48 Å². The molecule has 2 aliphatic heterocycles. The molecule has 1 atom stereocenters. The van der Waals surface area contributed by atoms with E-state index in [2.05, 4.69) is 5.10 Å². The number of rotatable bonds is 0. The molecule has 0 radical (unpaired) electrons. The molecule has 0 aromatic carbocycles. The van der Waals surface area contributed by atoms with Crippen LogP contribution >= 0.6 is 0 Å². The lowest BCUT2D eigenvalue weighted by molar-refractivity contribution is 0.0701. The van der Waals surface area contributed by atoms with Crippen molar-refractivity contribution in [2.45, 2.75) is 25.6 Å². The van der Waals surface area contributed by atoms with Crippen molar-refractivity contribution < 1.29 is 19.8 Å². The Morgan fingerprint density at radius 1 is 1.40 bits per heavy atom. The van der Waals surface area contributed by atoms with Gasteiger partial charge in [-0.2, -0.15) is 5.10 Å². The van der Waals surface area contributed by atoms with Crippen LogP contribution in [0.15, 0.2) is 0 Å². The van der Waals surface area contributed by atoms with E-state index in [0.717, 1.165) is 5.69 Å². The summed E-state index contributed by atoms with van der Waals surface area (Å²) in [7, 11) is 1.62. The smallest absolute Gasteiger partial charge is 0.407 e. The van der Waals surface area contributed by atoms with Gasteiger partial charge in [-0.25, -0.2) is 4.79 Å². The molecule has 3 heterocycles. The molecule has 0 unspecified atom stereocenters. The van der Waals surface area contributed by atoms with Crippen LogP contribution in [0.2, 0.25) is 0 Å². The Bertz CT molecular complexity index is 582. The lowest BCUT2D eigenvalue weighted by Crippen LogP contribution is -2.36. The summed E-state index contributed by atoms with van der Waals surface area (Å²) in [6.45, 7) is 1.06. The highest BCUT2D eigenvalue weighted by atomic mass is 16.4. The second-order valence-corrected chi connectivity index (χ2v) is 5.25. The van der Waals surface area contributed by atoms with Gasteiger partial charge >= 0.3 is 6.09 Å². The van der Waals surface area contributed by atoms with E-state index in [1.54, 1.807) is 7.05 Å². The van der Waals surface area contributed by atoms with E-state index >= 15 is 0 Å². The quantitative estimate of drug-likeness (QED) is 0.659. The monoisotopic (exact) mass is 280 g/mol. The van der Waals surface area contributed by atoms with Crippen molar-refractivity contribution in [3.05, 3.63) is 17.0 Å². The molecule has 20 heavy (non-hydrogen) atoms. The van der Waals surface area contributed by atoms with Gasteiger partial charge in [-0.1, -0.05) is 0 Å². The summed E-state index contributed by atoms with van der Waals surface area (Å²) in [5.41, 5.74) is 1.84. The van der Waals surface area contributed by atoms with Crippen LogP contribution in [0, 0.1) is 0 Å². The molecular formula is C12H16N4O4. The topological polar surface area (TPSA) is 98.9 Å². The molecule has 1 aromatic heterocycles. The standard InChI is InChI=1S/C12H16N4O4/c1-14-4-7(17)5-16-10(11(14)18)8-6-15(12(19)20)3-2-9(8)13-16/h7,17H,2-6H2,1H3,(H,19,20)/t7-/m0/s1. The van der Waals surface area contributed by atoms with E-state index in [0.29, 0.717) is 24.2 Å². The molecule has 0 saturated carbocycles. The first kappa shape index (κ1) is 12.9. The van der Waals surface area contributed by atoms with Gasteiger partial charge in [-0.05, 0) is 0 Å². The lowest BCUT2D eigenvalue weighted by atomic mass is 10.1. The predicted molar refractivity (Wildman–Crippen MR) is 67.3 cm³/mol. The number of nitrogens with zero attached hydrogens (tertiary/aromatic N) is 4. The third-order valence-corrected chi connectivity index (χ3v) is 3.79.